The molecule has 0 rings (SSSR count). The van der Waals surface area contributed by atoms with Crippen molar-refractivity contribution in [1.29, 1.82) is 0 Å². The average molecular weight is 286 g/mol. The zero-order valence-electron chi connectivity index (χ0n) is 10.5. The lowest BCUT2D eigenvalue weighted by Gasteiger charge is -2.23. The van der Waals surface area contributed by atoms with Gasteiger partial charge >= 0.3 is 18.2 Å². The number of carboxylic acids is 1. The van der Waals surface area contributed by atoms with Gasteiger partial charge in [-0.2, -0.15) is 13.2 Å². The van der Waals surface area contributed by atoms with E-state index in [4.69, 9.17) is 5.11 Å². The number of rotatable bonds is 8. The SMILES string of the molecule is CCCN(CC(F)(F)F)C(=O)NCCOCC(=O)O. The van der Waals surface area contributed by atoms with Crippen LogP contribution in [0.15, 0.2) is 0 Å². The summed E-state index contributed by atoms with van der Waals surface area (Å²) < 4.78 is 41.3. The summed E-state index contributed by atoms with van der Waals surface area (Å²) in [5.74, 6) is -1.16. The van der Waals surface area contributed by atoms with Crippen LogP contribution >= 0.6 is 0 Å². The fraction of sp³-hybridized carbons (Fsp3) is 0.800. The lowest BCUT2D eigenvalue weighted by atomic mass is 10.4. The van der Waals surface area contributed by atoms with Gasteiger partial charge in [-0.1, -0.05) is 6.92 Å². The minimum atomic E-state index is -4.45. The van der Waals surface area contributed by atoms with E-state index in [0.717, 1.165) is 0 Å². The molecule has 19 heavy (non-hydrogen) atoms. The van der Waals surface area contributed by atoms with Crippen LogP contribution in [0.1, 0.15) is 13.3 Å². The van der Waals surface area contributed by atoms with Gasteiger partial charge in [-0.3, -0.25) is 0 Å². The number of hydrogen-bond acceptors (Lipinski definition) is 3. The molecule has 0 aliphatic carbocycles. The van der Waals surface area contributed by atoms with Crippen LogP contribution in [0.25, 0.3) is 0 Å². The molecule has 0 atom stereocenters. The van der Waals surface area contributed by atoms with Crippen molar-refractivity contribution >= 4 is 12.0 Å². The molecule has 0 aromatic heterocycles. The third-order valence-electron chi connectivity index (χ3n) is 1.90. The molecule has 0 unspecified atom stereocenters. The number of carbonyl (C=O) groups excluding carboxylic acids is 1. The van der Waals surface area contributed by atoms with Crippen LogP contribution in [-0.2, 0) is 9.53 Å². The number of nitrogens with zero attached hydrogens (tertiary/aromatic N) is 1. The predicted molar refractivity (Wildman–Crippen MR) is 59.8 cm³/mol. The van der Waals surface area contributed by atoms with Gasteiger partial charge in [-0.05, 0) is 6.42 Å². The lowest BCUT2D eigenvalue weighted by Crippen LogP contribution is -2.46. The molecule has 0 heterocycles. The van der Waals surface area contributed by atoms with Gasteiger partial charge in [0.1, 0.15) is 13.2 Å². The maximum atomic E-state index is 12.2. The first-order valence-corrected chi connectivity index (χ1v) is 5.65. The van der Waals surface area contributed by atoms with Gasteiger partial charge in [0.05, 0.1) is 6.61 Å². The van der Waals surface area contributed by atoms with Gasteiger partial charge in [0.2, 0.25) is 0 Å². The number of amides is 2. The molecule has 6 nitrogen and oxygen atoms in total. The number of carboxylic acid groups (broad SMARTS) is 1. The number of urea groups is 1. The minimum absolute atomic E-state index is 0.0126. The van der Waals surface area contributed by atoms with E-state index in [1.165, 1.54) is 0 Å². The Morgan fingerprint density at radius 2 is 2.00 bits per heavy atom. The van der Waals surface area contributed by atoms with Crippen molar-refractivity contribution in [2.75, 3.05) is 32.8 Å². The Balaban J connectivity index is 4.01. The maximum absolute atomic E-state index is 12.2. The highest BCUT2D eigenvalue weighted by atomic mass is 19.4. The molecule has 2 N–H and O–H groups in total. The average Bonchev–Trinajstić information content (AvgIpc) is 2.25. The zero-order chi connectivity index (χ0) is 14.9. The molecule has 0 aliphatic rings. The fourth-order valence-electron chi connectivity index (χ4n) is 1.24. The molecular formula is C10H17F3N2O4. The largest absolute Gasteiger partial charge is 0.480 e. The number of nitrogens with one attached hydrogen (secondary N) is 1. The molecule has 0 saturated heterocycles. The first kappa shape index (κ1) is 17.5. The van der Waals surface area contributed by atoms with Gasteiger partial charge < -0.3 is 20.1 Å². The normalized spacial score (nSPS) is 11.2. The second kappa shape index (κ2) is 8.57. The van der Waals surface area contributed by atoms with Crippen LogP contribution in [0.2, 0.25) is 0 Å². The van der Waals surface area contributed by atoms with Gasteiger partial charge in [0, 0.05) is 13.1 Å². The second-order valence-corrected chi connectivity index (χ2v) is 3.71. The molecule has 0 radical (unpaired) electrons. The number of halogens is 3. The van der Waals surface area contributed by atoms with Crippen LogP contribution in [-0.4, -0.2) is 61.0 Å². The Hall–Kier alpha value is -1.51. The fourth-order valence-corrected chi connectivity index (χ4v) is 1.24. The van der Waals surface area contributed by atoms with E-state index in [0.29, 0.717) is 11.3 Å². The summed E-state index contributed by atoms with van der Waals surface area (Å²) in [5, 5.41) is 10.5. The van der Waals surface area contributed by atoms with E-state index < -0.39 is 31.3 Å². The van der Waals surface area contributed by atoms with Crippen LogP contribution in [0.4, 0.5) is 18.0 Å². The van der Waals surface area contributed by atoms with Gasteiger partial charge in [-0.25, -0.2) is 9.59 Å². The molecule has 2 amide bonds. The summed E-state index contributed by atoms with van der Waals surface area (Å²) >= 11 is 0. The van der Waals surface area contributed by atoms with Gasteiger partial charge in [0.25, 0.3) is 0 Å². The minimum Gasteiger partial charge on any atom is -0.480 e. The van der Waals surface area contributed by atoms with E-state index in [1.54, 1.807) is 6.92 Å². The van der Waals surface area contributed by atoms with Crippen molar-refractivity contribution in [3.63, 3.8) is 0 Å². The molecular weight excluding hydrogens is 269 g/mol. The number of carbonyl (C=O) groups is 2. The van der Waals surface area contributed by atoms with E-state index in [2.05, 4.69) is 10.1 Å². The van der Waals surface area contributed by atoms with Crippen LogP contribution < -0.4 is 5.32 Å². The van der Waals surface area contributed by atoms with Crippen molar-refractivity contribution < 1.29 is 32.6 Å². The second-order valence-electron chi connectivity index (χ2n) is 3.71. The first-order chi connectivity index (χ1) is 8.76. The van der Waals surface area contributed by atoms with E-state index in [9.17, 15) is 22.8 Å². The summed E-state index contributed by atoms with van der Waals surface area (Å²) in [6.45, 7) is -0.318. The molecule has 9 heteroatoms. The smallest absolute Gasteiger partial charge is 0.406 e. The van der Waals surface area contributed by atoms with Crippen molar-refractivity contribution in [2.24, 2.45) is 0 Å². The highest BCUT2D eigenvalue weighted by molar-refractivity contribution is 5.74. The Kier molecular flexibility index (Phi) is 7.89. The number of alkyl halides is 3. The van der Waals surface area contributed by atoms with Gasteiger partial charge in [-0.15, -0.1) is 0 Å². The quantitative estimate of drug-likeness (QED) is 0.654. The number of aliphatic carboxylic acids is 1. The summed E-state index contributed by atoms with van der Waals surface area (Å²) in [4.78, 5) is 22.2. The van der Waals surface area contributed by atoms with Gasteiger partial charge in [0.15, 0.2) is 0 Å². The summed E-state index contributed by atoms with van der Waals surface area (Å²) in [5.41, 5.74) is 0. The standard InChI is InChI=1S/C10H17F3N2O4/c1-2-4-15(7-10(11,12)13)9(18)14-3-5-19-6-8(16)17/h2-7H2,1H3,(H,14,18)(H,16,17). The number of hydrogen-bond donors (Lipinski definition) is 2. The topological polar surface area (TPSA) is 78.9 Å². The molecule has 0 aliphatic heterocycles. The molecule has 0 fully saturated rings. The summed E-state index contributed by atoms with van der Waals surface area (Å²) in [6, 6.07) is -0.849. The van der Waals surface area contributed by atoms with E-state index in [1.807, 2.05) is 0 Å². The van der Waals surface area contributed by atoms with Crippen molar-refractivity contribution in [3.05, 3.63) is 0 Å². The molecule has 0 aromatic carbocycles. The van der Waals surface area contributed by atoms with E-state index in [-0.39, 0.29) is 19.7 Å². The maximum Gasteiger partial charge on any atom is 0.406 e. The van der Waals surface area contributed by atoms with Crippen LogP contribution in [0, 0.1) is 0 Å². The highest BCUT2D eigenvalue weighted by Gasteiger charge is 2.32. The summed E-state index contributed by atoms with van der Waals surface area (Å²) in [7, 11) is 0. The molecule has 0 saturated carbocycles. The number of ether oxygens (including phenoxy) is 1. The molecule has 0 spiro atoms. The Bertz CT molecular complexity index is 297. The zero-order valence-corrected chi connectivity index (χ0v) is 10.5. The molecule has 0 bridgehead atoms. The third kappa shape index (κ3) is 10.1. The highest BCUT2D eigenvalue weighted by Crippen LogP contribution is 2.16. The summed E-state index contributed by atoms with van der Waals surface area (Å²) in [6.07, 6.45) is -4.05. The van der Waals surface area contributed by atoms with Crippen molar-refractivity contribution in [2.45, 2.75) is 19.5 Å². The molecule has 0 aromatic rings. The first-order valence-electron chi connectivity index (χ1n) is 5.65. The Morgan fingerprint density at radius 1 is 1.37 bits per heavy atom. The van der Waals surface area contributed by atoms with E-state index >= 15 is 0 Å². The Morgan fingerprint density at radius 3 is 2.47 bits per heavy atom. The van der Waals surface area contributed by atoms with Crippen LogP contribution in [0.5, 0.6) is 0 Å². The monoisotopic (exact) mass is 286 g/mol. The van der Waals surface area contributed by atoms with Crippen LogP contribution in [0.3, 0.4) is 0 Å². The Labute approximate surface area is 108 Å². The van der Waals surface area contributed by atoms with Crippen molar-refractivity contribution in [1.82, 2.24) is 10.2 Å². The lowest BCUT2D eigenvalue weighted by molar-refractivity contribution is -0.142. The predicted octanol–water partition coefficient (Wildman–Crippen LogP) is 1.07. The third-order valence-corrected chi connectivity index (χ3v) is 1.90. The van der Waals surface area contributed by atoms with Crippen molar-refractivity contribution in [3.8, 4) is 0 Å². The molecule has 112 valence electrons.